The molecule has 0 bridgehead atoms. The van der Waals surface area contributed by atoms with Crippen molar-refractivity contribution >= 4 is 29.5 Å². The predicted molar refractivity (Wildman–Crippen MR) is 117 cm³/mol. The van der Waals surface area contributed by atoms with E-state index in [1.807, 2.05) is 52.0 Å². The summed E-state index contributed by atoms with van der Waals surface area (Å²) in [7, 11) is 1.57. The van der Waals surface area contributed by atoms with Crippen molar-refractivity contribution in [3.63, 3.8) is 0 Å². The number of methoxy groups -OCH3 is 1. The fourth-order valence-electron chi connectivity index (χ4n) is 4.12. The van der Waals surface area contributed by atoms with Crippen LogP contribution in [0.15, 0.2) is 24.3 Å². The van der Waals surface area contributed by atoms with Gasteiger partial charge in [0, 0.05) is 24.0 Å². The van der Waals surface area contributed by atoms with Crippen molar-refractivity contribution in [2.45, 2.75) is 56.3 Å². The number of hydrogen-bond donors (Lipinski definition) is 2. The molecule has 2 aliphatic heterocycles. The number of benzene rings is 1. The normalized spacial score (nSPS) is 23.5. The molecule has 2 unspecified atom stereocenters. The summed E-state index contributed by atoms with van der Waals surface area (Å²) < 4.78 is 4.51. The Morgan fingerprint density at radius 3 is 2.67 bits per heavy atom. The molecule has 3 amide bonds. The monoisotopic (exact) mass is 433 g/mol. The SMILES string of the molecule is CCC(C)[C@H](NC(=O)[C@H]1N2C(=O)c3ccccc3C2SC1(C)C)C(=O)NCCOC. The Kier molecular flexibility index (Phi) is 6.77. The molecular weight excluding hydrogens is 402 g/mol. The summed E-state index contributed by atoms with van der Waals surface area (Å²) in [5, 5.41) is 5.59. The van der Waals surface area contributed by atoms with E-state index in [4.69, 9.17) is 4.74 Å². The molecule has 0 radical (unpaired) electrons. The zero-order chi connectivity index (χ0) is 22.1. The molecule has 1 fully saturated rings. The van der Waals surface area contributed by atoms with E-state index in [1.165, 1.54) is 0 Å². The zero-order valence-electron chi connectivity index (χ0n) is 18.2. The number of carbonyl (C=O) groups is 3. The number of carbonyl (C=O) groups excluding carboxylic acids is 3. The number of hydrogen-bond acceptors (Lipinski definition) is 5. The van der Waals surface area contributed by atoms with E-state index in [9.17, 15) is 14.4 Å². The van der Waals surface area contributed by atoms with E-state index >= 15 is 0 Å². The average molecular weight is 434 g/mol. The molecule has 2 aliphatic rings. The second-order valence-corrected chi connectivity index (χ2v) is 10.2. The first-order chi connectivity index (χ1) is 14.2. The molecule has 4 atom stereocenters. The van der Waals surface area contributed by atoms with E-state index in [0.717, 1.165) is 12.0 Å². The molecule has 1 aromatic rings. The van der Waals surface area contributed by atoms with Gasteiger partial charge in [-0.2, -0.15) is 0 Å². The third-order valence-corrected chi connectivity index (χ3v) is 7.48. The second-order valence-electron chi connectivity index (χ2n) is 8.43. The first kappa shape index (κ1) is 22.6. The van der Waals surface area contributed by atoms with E-state index < -0.39 is 16.8 Å². The molecule has 0 aromatic heterocycles. The quantitative estimate of drug-likeness (QED) is 0.615. The van der Waals surface area contributed by atoms with E-state index in [0.29, 0.717) is 18.7 Å². The van der Waals surface area contributed by atoms with Gasteiger partial charge >= 0.3 is 0 Å². The summed E-state index contributed by atoms with van der Waals surface area (Å²) in [6.07, 6.45) is 0.738. The zero-order valence-corrected chi connectivity index (χ0v) is 19.0. The second kappa shape index (κ2) is 8.98. The largest absolute Gasteiger partial charge is 0.383 e. The number of amides is 3. The van der Waals surface area contributed by atoms with E-state index in [1.54, 1.807) is 23.8 Å². The maximum atomic E-state index is 13.4. The van der Waals surface area contributed by atoms with Crippen LogP contribution < -0.4 is 10.6 Å². The average Bonchev–Trinajstić information content (AvgIpc) is 3.15. The Hall–Kier alpha value is -2.06. The summed E-state index contributed by atoms with van der Waals surface area (Å²) in [5.41, 5.74) is 1.60. The van der Waals surface area contributed by atoms with E-state index in [2.05, 4.69) is 10.6 Å². The van der Waals surface area contributed by atoms with Gasteiger partial charge < -0.3 is 20.3 Å². The molecule has 2 N–H and O–H groups in total. The van der Waals surface area contributed by atoms with Crippen LogP contribution >= 0.6 is 11.8 Å². The van der Waals surface area contributed by atoms with Gasteiger partial charge in [0.2, 0.25) is 11.8 Å². The highest BCUT2D eigenvalue weighted by Crippen LogP contribution is 2.56. The van der Waals surface area contributed by atoms with Crippen molar-refractivity contribution in [2.24, 2.45) is 5.92 Å². The van der Waals surface area contributed by atoms with Crippen molar-refractivity contribution < 1.29 is 19.1 Å². The number of ether oxygens (including phenoxy) is 1. The molecule has 0 saturated carbocycles. The molecule has 30 heavy (non-hydrogen) atoms. The van der Waals surface area contributed by atoms with Gasteiger partial charge in [-0.25, -0.2) is 0 Å². The summed E-state index contributed by atoms with van der Waals surface area (Å²) in [4.78, 5) is 41.0. The van der Waals surface area contributed by atoms with Gasteiger partial charge in [-0.15, -0.1) is 11.8 Å². The highest BCUT2D eigenvalue weighted by molar-refractivity contribution is 8.01. The standard InChI is InChI=1S/C22H31N3O4S/c1-6-13(2)16(18(26)23-11-12-29-5)24-19(27)17-22(3,4)30-21-15-10-8-7-9-14(15)20(28)25(17)21/h7-10,13,16-17,21H,6,11-12H2,1-5H3,(H,23,26)(H,24,27)/t13?,16-,17+,21?/m0/s1. The molecule has 164 valence electrons. The topological polar surface area (TPSA) is 87.7 Å². The fourth-order valence-corrected chi connectivity index (χ4v) is 5.71. The minimum absolute atomic E-state index is 0.0454. The van der Waals surface area contributed by atoms with Crippen LogP contribution in [0, 0.1) is 5.92 Å². The van der Waals surface area contributed by atoms with Gasteiger partial charge in [0.15, 0.2) is 0 Å². The minimum Gasteiger partial charge on any atom is -0.383 e. The number of nitrogens with zero attached hydrogens (tertiary/aromatic N) is 1. The molecule has 0 spiro atoms. The molecule has 1 saturated heterocycles. The maximum absolute atomic E-state index is 13.4. The van der Waals surface area contributed by atoms with Crippen molar-refractivity contribution in [2.75, 3.05) is 20.3 Å². The Balaban J connectivity index is 1.82. The van der Waals surface area contributed by atoms with E-state index in [-0.39, 0.29) is 29.0 Å². The van der Waals surface area contributed by atoms with Crippen LogP contribution in [0.4, 0.5) is 0 Å². The summed E-state index contributed by atoms with van der Waals surface area (Å²) >= 11 is 1.61. The van der Waals surface area contributed by atoms with Crippen LogP contribution in [0.2, 0.25) is 0 Å². The molecule has 2 heterocycles. The Labute approximate surface area is 182 Å². The molecule has 8 heteroatoms. The lowest BCUT2D eigenvalue weighted by atomic mass is 9.95. The van der Waals surface area contributed by atoms with Crippen LogP contribution in [0.3, 0.4) is 0 Å². The molecular formula is C22H31N3O4S. The number of thioether (sulfide) groups is 1. The summed E-state index contributed by atoms with van der Waals surface area (Å²) in [6.45, 7) is 8.67. The highest BCUT2D eigenvalue weighted by atomic mass is 32.2. The van der Waals surface area contributed by atoms with Crippen molar-refractivity contribution in [3.05, 3.63) is 35.4 Å². The Bertz CT molecular complexity index is 828. The van der Waals surface area contributed by atoms with Gasteiger partial charge in [-0.1, -0.05) is 38.5 Å². The number of nitrogens with one attached hydrogen (secondary N) is 2. The smallest absolute Gasteiger partial charge is 0.256 e. The van der Waals surface area contributed by atoms with Gasteiger partial charge in [0.05, 0.1) is 6.61 Å². The van der Waals surface area contributed by atoms with Crippen molar-refractivity contribution in [1.82, 2.24) is 15.5 Å². The first-order valence-corrected chi connectivity index (χ1v) is 11.3. The first-order valence-electron chi connectivity index (χ1n) is 10.4. The van der Waals surface area contributed by atoms with Crippen LogP contribution in [0.5, 0.6) is 0 Å². The highest BCUT2D eigenvalue weighted by Gasteiger charge is 2.57. The molecule has 1 aromatic carbocycles. The van der Waals surface area contributed by atoms with Crippen LogP contribution in [0.1, 0.15) is 55.4 Å². The van der Waals surface area contributed by atoms with Crippen LogP contribution in [0.25, 0.3) is 0 Å². The van der Waals surface area contributed by atoms with Crippen LogP contribution in [-0.4, -0.2) is 59.7 Å². The summed E-state index contributed by atoms with van der Waals surface area (Å²) in [5.74, 6) is -0.691. The predicted octanol–water partition coefficient (Wildman–Crippen LogP) is 2.33. The number of fused-ring (bicyclic) bond motifs is 3. The lowest BCUT2D eigenvalue weighted by molar-refractivity contribution is -0.133. The lowest BCUT2D eigenvalue weighted by Crippen LogP contribution is -2.58. The van der Waals surface area contributed by atoms with Gasteiger partial charge in [-0.3, -0.25) is 14.4 Å². The van der Waals surface area contributed by atoms with Gasteiger partial charge in [0.1, 0.15) is 17.5 Å². The molecule has 7 nitrogen and oxygen atoms in total. The van der Waals surface area contributed by atoms with Gasteiger partial charge in [0.25, 0.3) is 5.91 Å². The Morgan fingerprint density at radius 1 is 1.30 bits per heavy atom. The molecule has 3 rings (SSSR count). The van der Waals surface area contributed by atoms with Crippen molar-refractivity contribution in [3.8, 4) is 0 Å². The number of rotatable bonds is 8. The lowest BCUT2D eigenvalue weighted by Gasteiger charge is -2.32. The molecule has 0 aliphatic carbocycles. The summed E-state index contributed by atoms with van der Waals surface area (Å²) in [6, 6.07) is 6.19. The maximum Gasteiger partial charge on any atom is 0.256 e. The van der Waals surface area contributed by atoms with Crippen molar-refractivity contribution in [1.29, 1.82) is 0 Å². The minimum atomic E-state index is -0.667. The third kappa shape index (κ3) is 4.07. The third-order valence-electron chi connectivity index (χ3n) is 5.94. The Morgan fingerprint density at radius 2 is 2.00 bits per heavy atom. The fraction of sp³-hybridized carbons (Fsp3) is 0.591. The van der Waals surface area contributed by atoms with Crippen LogP contribution in [-0.2, 0) is 14.3 Å². The van der Waals surface area contributed by atoms with Gasteiger partial charge in [-0.05, 0) is 31.4 Å².